The number of hydrogen-bond acceptors (Lipinski definition) is 3. The van der Waals surface area contributed by atoms with Gasteiger partial charge < -0.3 is 10.1 Å². The second kappa shape index (κ2) is 8.86. The van der Waals surface area contributed by atoms with Crippen molar-refractivity contribution in [2.75, 3.05) is 0 Å². The summed E-state index contributed by atoms with van der Waals surface area (Å²) in [7, 11) is 0. The molecule has 0 radical (unpaired) electrons. The zero-order valence-electron chi connectivity index (χ0n) is 15.3. The molecule has 2 aromatic carbocycles. The van der Waals surface area contributed by atoms with E-state index < -0.39 is 17.6 Å². The van der Waals surface area contributed by atoms with Crippen LogP contribution < -0.4 is 5.32 Å². The number of ether oxygens (including phenoxy) is 1. The van der Waals surface area contributed by atoms with Crippen molar-refractivity contribution in [1.29, 1.82) is 0 Å². The number of rotatable bonds is 6. The van der Waals surface area contributed by atoms with E-state index in [-0.39, 0.29) is 12.3 Å². The van der Waals surface area contributed by atoms with Crippen LogP contribution in [-0.2, 0) is 27.2 Å². The van der Waals surface area contributed by atoms with Gasteiger partial charge in [0.1, 0.15) is 11.6 Å². The second-order valence-corrected chi connectivity index (χ2v) is 7.52. The first-order valence-electron chi connectivity index (χ1n) is 8.54. The molecule has 4 nitrogen and oxygen atoms in total. The van der Waals surface area contributed by atoms with Crippen LogP contribution in [0, 0.1) is 0 Å². The van der Waals surface area contributed by atoms with Crippen LogP contribution in [0.5, 0.6) is 0 Å². The summed E-state index contributed by atoms with van der Waals surface area (Å²) >= 11 is 6.11. The van der Waals surface area contributed by atoms with Gasteiger partial charge in [0, 0.05) is 11.4 Å². The third kappa shape index (κ3) is 6.52. The van der Waals surface area contributed by atoms with Gasteiger partial charge in [0.05, 0.1) is 6.42 Å². The van der Waals surface area contributed by atoms with E-state index >= 15 is 0 Å². The lowest BCUT2D eigenvalue weighted by Gasteiger charge is -2.24. The van der Waals surface area contributed by atoms with Crippen molar-refractivity contribution in [2.45, 2.75) is 45.3 Å². The van der Waals surface area contributed by atoms with E-state index in [2.05, 4.69) is 5.32 Å². The zero-order valence-corrected chi connectivity index (χ0v) is 16.0. The van der Waals surface area contributed by atoms with E-state index in [1.807, 2.05) is 42.5 Å². The molecule has 0 aromatic heterocycles. The smallest absolute Gasteiger partial charge is 0.329 e. The molecule has 0 fully saturated rings. The van der Waals surface area contributed by atoms with Crippen molar-refractivity contribution in [3.8, 4) is 0 Å². The molecule has 2 aromatic rings. The Morgan fingerprint density at radius 1 is 1.04 bits per heavy atom. The van der Waals surface area contributed by atoms with Crippen LogP contribution >= 0.6 is 11.6 Å². The van der Waals surface area contributed by atoms with E-state index in [0.29, 0.717) is 17.0 Å². The minimum atomic E-state index is -0.758. The monoisotopic (exact) mass is 373 g/mol. The topological polar surface area (TPSA) is 55.4 Å². The first-order chi connectivity index (χ1) is 12.2. The summed E-state index contributed by atoms with van der Waals surface area (Å²) in [4.78, 5) is 25.0. The van der Waals surface area contributed by atoms with Crippen LogP contribution in [0.25, 0.3) is 0 Å². The number of halogens is 1. The largest absolute Gasteiger partial charge is 0.458 e. The number of esters is 1. The van der Waals surface area contributed by atoms with Crippen LogP contribution in [0.2, 0.25) is 5.02 Å². The van der Waals surface area contributed by atoms with Crippen LogP contribution in [-0.4, -0.2) is 23.5 Å². The maximum Gasteiger partial charge on any atom is 0.329 e. The van der Waals surface area contributed by atoms with E-state index in [1.54, 1.807) is 32.9 Å². The second-order valence-electron chi connectivity index (χ2n) is 7.11. The van der Waals surface area contributed by atoms with Gasteiger partial charge in [-0.15, -0.1) is 0 Å². The molecule has 0 aliphatic carbocycles. The van der Waals surface area contributed by atoms with Gasteiger partial charge in [-0.05, 0) is 38.0 Å². The Labute approximate surface area is 159 Å². The Bertz CT molecular complexity index is 753. The van der Waals surface area contributed by atoms with Gasteiger partial charge >= 0.3 is 5.97 Å². The predicted molar refractivity (Wildman–Crippen MR) is 103 cm³/mol. The highest BCUT2D eigenvalue weighted by molar-refractivity contribution is 6.31. The first-order valence-corrected chi connectivity index (χ1v) is 8.92. The van der Waals surface area contributed by atoms with Crippen molar-refractivity contribution < 1.29 is 14.3 Å². The molecular formula is C21H24ClNO3. The molecule has 1 N–H and O–H groups in total. The average Bonchev–Trinajstić information content (AvgIpc) is 2.56. The molecule has 0 spiro atoms. The maximum absolute atomic E-state index is 12.6. The third-order valence-electron chi connectivity index (χ3n) is 3.62. The van der Waals surface area contributed by atoms with E-state index in [1.165, 1.54) is 0 Å². The Kier molecular flexibility index (Phi) is 6.81. The van der Waals surface area contributed by atoms with Crippen molar-refractivity contribution in [1.82, 2.24) is 5.32 Å². The number of nitrogens with one attached hydrogen (secondary N) is 1. The molecule has 138 valence electrons. The van der Waals surface area contributed by atoms with Gasteiger partial charge in [0.15, 0.2) is 0 Å². The summed E-state index contributed by atoms with van der Waals surface area (Å²) in [5.41, 5.74) is 1.04. The maximum atomic E-state index is 12.6. The minimum absolute atomic E-state index is 0.105. The standard InChI is InChI=1S/C21H24ClNO3/c1-21(2,3)26-20(25)18(13-15-9-5-4-6-10-15)23-19(24)14-16-11-7-8-12-17(16)22/h4-12,18H,13-14H2,1-3H3,(H,23,24)/t18-/m0/s1. The third-order valence-corrected chi connectivity index (χ3v) is 3.99. The summed E-state index contributed by atoms with van der Waals surface area (Å²) in [5, 5.41) is 3.32. The zero-order chi connectivity index (χ0) is 19.2. The normalized spacial score (nSPS) is 12.3. The SMILES string of the molecule is CC(C)(C)OC(=O)[C@H](Cc1ccccc1)NC(=O)Cc1ccccc1Cl. The van der Waals surface area contributed by atoms with E-state index in [4.69, 9.17) is 16.3 Å². The fourth-order valence-electron chi connectivity index (χ4n) is 2.48. The lowest BCUT2D eigenvalue weighted by Crippen LogP contribution is -2.46. The van der Waals surface area contributed by atoms with Crippen molar-refractivity contribution in [2.24, 2.45) is 0 Å². The summed E-state index contributed by atoms with van der Waals surface area (Å²) < 4.78 is 5.47. The predicted octanol–water partition coefficient (Wildman–Crippen LogP) is 3.95. The molecule has 0 saturated carbocycles. The van der Waals surface area contributed by atoms with Gasteiger partial charge in [0.2, 0.25) is 5.91 Å². The van der Waals surface area contributed by atoms with Crippen LogP contribution in [0.1, 0.15) is 31.9 Å². The van der Waals surface area contributed by atoms with Gasteiger partial charge in [-0.1, -0.05) is 60.1 Å². The summed E-state index contributed by atoms with van der Waals surface area (Å²) in [5.74, 6) is -0.723. The molecule has 0 saturated heterocycles. The molecule has 26 heavy (non-hydrogen) atoms. The molecule has 5 heteroatoms. The molecule has 1 amide bonds. The quantitative estimate of drug-likeness (QED) is 0.780. The van der Waals surface area contributed by atoms with Crippen LogP contribution in [0.15, 0.2) is 54.6 Å². The minimum Gasteiger partial charge on any atom is -0.458 e. The van der Waals surface area contributed by atoms with Crippen LogP contribution in [0.3, 0.4) is 0 Å². The summed E-state index contributed by atoms with van der Waals surface area (Å²) in [6.07, 6.45) is 0.470. The van der Waals surface area contributed by atoms with E-state index in [0.717, 1.165) is 5.56 Å². The van der Waals surface area contributed by atoms with Crippen molar-refractivity contribution in [3.63, 3.8) is 0 Å². The number of benzene rings is 2. The molecule has 0 unspecified atom stereocenters. The number of carbonyl (C=O) groups excluding carboxylic acids is 2. The first kappa shape index (κ1) is 20.0. The average molecular weight is 374 g/mol. The fraction of sp³-hybridized carbons (Fsp3) is 0.333. The van der Waals surface area contributed by atoms with Gasteiger partial charge in [-0.25, -0.2) is 4.79 Å². The molecule has 1 atom stereocenters. The van der Waals surface area contributed by atoms with Gasteiger partial charge in [0.25, 0.3) is 0 Å². The highest BCUT2D eigenvalue weighted by Gasteiger charge is 2.27. The molecule has 0 aliphatic heterocycles. The Hall–Kier alpha value is -2.33. The number of carbonyl (C=O) groups is 2. The highest BCUT2D eigenvalue weighted by Crippen LogP contribution is 2.16. The van der Waals surface area contributed by atoms with Gasteiger partial charge in [-0.2, -0.15) is 0 Å². The fourth-order valence-corrected chi connectivity index (χ4v) is 2.68. The van der Waals surface area contributed by atoms with E-state index in [9.17, 15) is 9.59 Å². The lowest BCUT2D eigenvalue weighted by molar-refractivity contribution is -0.158. The Morgan fingerprint density at radius 2 is 1.65 bits per heavy atom. The Balaban J connectivity index is 2.11. The lowest BCUT2D eigenvalue weighted by atomic mass is 10.0. The highest BCUT2D eigenvalue weighted by atomic mass is 35.5. The number of amides is 1. The molecule has 0 aliphatic rings. The molecule has 0 bridgehead atoms. The molecule has 2 rings (SSSR count). The molecule has 0 heterocycles. The number of hydrogen-bond donors (Lipinski definition) is 1. The summed E-state index contributed by atoms with van der Waals surface area (Å²) in [6, 6.07) is 15.9. The van der Waals surface area contributed by atoms with Gasteiger partial charge in [-0.3, -0.25) is 4.79 Å². The summed E-state index contributed by atoms with van der Waals surface area (Å²) in [6.45, 7) is 5.40. The van der Waals surface area contributed by atoms with Crippen molar-refractivity contribution >= 4 is 23.5 Å². The van der Waals surface area contributed by atoms with Crippen LogP contribution in [0.4, 0.5) is 0 Å². The van der Waals surface area contributed by atoms with Crippen molar-refractivity contribution in [3.05, 3.63) is 70.7 Å². The molecular weight excluding hydrogens is 350 g/mol. The Morgan fingerprint density at radius 3 is 2.27 bits per heavy atom.